The van der Waals surface area contributed by atoms with Crippen LogP contribution in [0, 0.1) is 5.92 Å². The lowest BCUT2D eigenvalue weighted by Crippen LogP contribution is -2.12. The molecule has 1 N–H and O–H groups in total. The zero-order valence-corrected chi connectivity index (χ0v) is 10.6. The van der Waals surface area contributed by atoms with Crippen LogP contribution in [-0.4, -0.2) is 18.6 Å². The molecule has 0 aromatic carbocycles. The van der Waals surface area contributed by atoms with E-state index in [0.29, 0.717) is 0 Å². The standard InChI is InChI=1S/C14H22N2O/c1-17-13-7-8-14(16-11-13)15-10-9-12-5-3-2-4-6-12/h7-8,11-12H,2-6,9-10H2,1H3,(H,15,16). The first-order chi connectivity index (χ1) is 8.38. The molecule has 1 heterocycles. The highest BCUT2D eigenvalue weighted by atomic mass is 16.5. The van der Waals surface area contributed by atoms with Gasteiger partial charge in [-0.3, -0.25) is 0 Å². The molecule has 1 saturated carbocycles. The minimum Gasteiger partial charge on any atom is -0.495 e. The molecule has 1 aliphatic rings. The van der Waals surface area contributed by atoms with E-state index in [-0.39, 0.29) is 0 Å². The molecule has 0 spiro atoms. The van der Waals surface area contributed by atoms with Gasteiger partial charge in [-0.1, -0.05) is 32.1 Å². The van der Waals surface area contributed by atoms with Crippen LogP contribution < -0.4 is 10.1 Å². The Balaban J connectivity index is 1.69. The van der Waals surface area contributed by atoms with Crippen LogP contribution in [0.4, 0.5) is 5.82 Å². The summed E-state index contributed by atoms with van der Waals surface area (Å²) < 4.78 is 5.08. The van der Waals surface area contributed by atoms with Crippen molar-refractivity contribution in [2.24, 2.45) is 5.92 Å². The Hall–Kier alpha value is -1.25. The van der Waals surface area contributed by atoms with Gasteiger partial charge in [0.2, 0.25) is 0 Å². The molecule has 0 saturated heterocycles. The quantitative estimate of drug-likeness (QED) is 0.847. The van der Waals surface area contributed by atoms with Crippen molar-refractivity contribution in [1.82, 2.24) is 4.98 Å². The molecule has 3 nitrogen and oxygen atoms in total. The summed E-state index contributed by atoms with van der Waals surface area (Å²) >= 11 is 0. The van der Waals surface area contributed by atoms with Crippen molar-refractivity contribution in [3.63, 3.8) is 0 Å². The number of aromatic nitrogens is 1. The van der Waals surface area contributed by atoms with Crippen molar-refractivity contribution in [3.8, 4) is 5.75 Å². The van der Waals surface area contributed by atoms with E-state index < -0.39 is 0 Å². The summed E-state index contributed by atoms with van der Waals surface area (Å²) in [6.45, 7) is 1.03. The Morgan fingerprint density at radius 2 is 2.12 bits per heavy atom. The molecule has 0 radical (unpaired) electrons. The third kappa shape index (κ3) is 3.91. The van der Waals surface area contributed by atoms with Crippen molar-refractivity contribution < 1.29 is 4.74 Å². The minimum atomic E-state index is 0.808. The largest absolute Gasteiger partial charge is 0.495 e. The SMILES string of the molecule is COc1ccc(NCCC2CCCCC2)nc1. The fourth-order valence-corrected chi connectivity index (χ4v) is 2.49. The van der Waals surface area contributed by atoms with Crippen LogP contribution in [0.25, 0.3) is 0 Å². The number of nitrogens with one attached hydrogen (secondary N) is 1. The summed E-state index contributed by atoms with van der Waals surface area (Å²) in [7, 11) is 1.66. The van der Waals surface area contributed by atoms with Gasteiger partial charge in [0.15, 0.2) is 0 Å². The second kappa shape index (κ2) is 6.48. The molecule has 94 valence electrons. The van der Waals surface area contributed by atoms with E-state index in [2.05, 4.69) is 10.3 Å². The highest BCUT2D eigenvalue weighted by Gasteiger charge is 2.12. The van der Waals surface area contributed by atoms with Crippen molar-refractivity contribution in [3.05, 3.63) is 18.3 Å². The van der Waals surface area contributed by atoms with Gasteiger partial charge in [0, 0.05) is 6.54 Å². The summed E-state index contributed by atoms with van der Waals surface area (Å²) in [6.07, 6.45) is 10.1. The number of ether oxygens (including phenoxy) is 1. The van der Waals surface area contributed by atoms with Crippen LogP contribution >= 0.6 is 0 Å². The smallest absolute Gasteiger partial charge is 0.137 e. The maximum atomic E-state index is 5.08. The van der Waals surface area contributed by atoms with Crippen LogP contribution in [0.1, 0.15) is 38.5 Å². The molecule has 17 heavy (non-hydrogen) atoms. The lowest BCUT2D eigenvalue weighted by molar-refractivity contribution is 0.345. The highest BCUT2D eigenvalue weighted by Crippen LogP contribution is 2.26. The Morgan fingerprint density at radius 1 is 1.29 bits per heavy atom. The minimum absolute atomic E-state index is 0.808. The van der Waals surface area contributed by atoms with Gasteiger partial charge in [-0.05, 0) is 24.5 Å². The predicted octanol–water partition coefficient (Wildman–Crippen LogP) is 3.47. The first-order valence-electron chi connectivity index (χ1n) is 6.62. The Morgan fingerprint density at radius 3 is 2.76 bits per heavy atom. The monoisotopic (exact) mass is 234 g/mol. The molecular formula is C14H22N2O. The van der Waals surface area contributed by atoms with Crippen molar-refractivity contribution >= 4 is 5.82 Å². The maximum Gasteiger partial charge on any atom is 0.137 e. The summed E-state index contributed by atoms with van der Waals surface area (Å²) in [6, 6.07) is 3.91. The molecule has 0 amide bonds. The van der Waals surface area contributed by atoms with E-state index in [0.717, 1.165) is 24.0 Å². The molecule has 1 aliphatic carbocycles. The van der Waals surface area contributed by atoms with Crippen LogP contribution in [0.2, 0.25) is 0 Å². The summed E-state index contributed by atoms with van der Waals surface area (Å²) in [5.74, 6) is 2.68. The van der Waals surface area contributed by atoms with Crippen LogP contribution in [0.3, 0.4) is 0 Å². The second-order valence-corrected chi connectivity index (χ2v) is 4.80. The third-order valence-corrected chi connectivity index (χ3v) is 3.56. The molecule has 1 aromatic heterocycles. The zero-order chi connectivity index (χ0) is 11.9. The lowest BCUT2D eigenvalue weighted by atomic mass is 9.87. The van der Waals surface area contributed by atoms with Gasteiger partial charge in [-0.15, -0.1) is 0 Å². The Labute approximate surface area is 104 Å². The Kier molecular flexibility index (Phi) is 4.65. The summed E-state index contributed by atoms with van der Waals surface area (Å²) in [5.41, 5.74) is 0. The van der Waals surface area contributed by atoms with Crippen molar-refractivity contribution in [1.29, 1.82) is 0 Å². The van der Waals surface area contributed by atoms with Gasteiger partial charge < -0.3 is 10.1 Å². The first-order valence-corrected chi connectivity index (χ1v) is 6.62. The van der Waals surface area contributed by atoms with E-state index >= 15 is 0 Å². The maximum absolute atomic E-state index is 5.08. The fraction of sp³-hybridized carbons (Fsp3) is 0.643. The fourth-order valence-electron chi connectivity index (χ4n) is 2.49. The first kappa shape index (κ1) is 12.2. The number of hydrogen-bond acceptors (Lipinski definition) is 3. The topological polar surface area (TPSA) is 34.1 Å². The van der Waals surface area contributed by atoms with Gasteiger partial charge >= 0.3 is 0 Å². The van der Waals surface area contributed by atoms with E-state index in [1.165, 1.54) is 38.5 Å². The molecule has 2 rings (SSSR count). The lowest BCUT2D eigenvalue weighted by Gasteiger charge is -2.21. The second-order valence-electron chi connectivity index (χ2n) is 4.80. The number of pyridine rings is 1. The zero-order valence-electron chi connectivity index (χ0n) is 10.6. The van der Waals surface area contributed by atoms with E-state index in [4.69, 9.17) is 4.74 Å². The molecule has 0 bridgehead atoms. The molecule has 0 atom stereocenters. The normalized spacial score (nSPS) is 16.8. The van der Waals surface area contributed by atoms with Crippen molar-refractivity contribution in [2.75, 3.05) is 19.0 Å². The molecular weight excluding hydrogens is 212 g/mol. The number of methoxy groups -OCH3 is 1. The van der Waals surface area contributed by atoms with Gasteiger partial charge in [0.25, 0.3) is 0 Å². The van der Waals surface area contributed by atoms with E-state index in [1.54, 1.807) is 13.3 Å². The highest BCUT2D eigenvalue weighted by molar-refractivity contribution is 5.37. The van der Waals surface area contributed by atoms with Gasteiger partial charge in [0.1, 0.15) is 11.6 Å². The van der Waals surface area contributed by atoms with Crippen LogP contribution in [0.5, 0.6) is 5.75 Å². The molecule has 3 heteroatoms. The number of hydrogen-bond donors (Lipinski definition) is 1. The molecule has 1 fully saturated rings. The number of nitrogens with zero attached hydrogens (tertiary/aromatic N) is 1. The van der Waals surface area contributed by atoms with Crippen LogP contribution in [-0.2, 0) is 0 Å². The third-order valence-electron chi connectivity index (χ3n) is 3.56. The van der Waals surface area contributed by atoms with Crippen molar-refractivity contribution in [2.45, 2.75) is 38.5 Å². The predicted molar refractivity (Wildman–Crippen MR) is 70.5 cm³/mol. The molecule has 0 unspecified atom stereocenters. The van der Waals surface area contributed by atoms with Gasteiger partial charge in [-0.2, -0.15) is 0 Å². The summed E-state index contributed by atoms with van der Waals surface area (Å²) in [4.78, 5) is 4.30. The van der Waals surface area contributed by atoms with Gasteiger partial charge in [-0.25, -0.2) is 4.98 Å². The van der Waals surface area contributed by atoms with E-state index in [9.17, 15) is 0 Å². The van der Waals surface area contributed by atoms with Gasteiger partial charge in [0.05, 0.1) is 13.3 Å². The average molecular weight is 234 g/mol. The van der Waals surface area contributed by atoms with E-state index in [1.807, 2.05) is 12.1 Å². The number of anilines is 1. The molecule has 0 aliphatic heterocycles. The number of rotatable bonds is 5. The van der Waals surface area contributed by atoms with Crippen LogP contribution in [0.15, 0.2) is 18.3 Å². The average Bonchev–Trinajstić information content (AvgIpc) is 2.41. The summed E-state index contributed by atoms with van der Waals surface area (Å²) in [5, 5.41) is 3.38. The molecule has 1 aromatic rings. The Bertz CT molecular complexity index is 317.